The van der Waals surface area contributed by atoms with Crippen molar-refractivity contribution in [2.45, 2.75) is 13.5 Å². The Hall–Kier alpha value is -3.05. The number of carbonyl (C=O) groups excluding carboxylic acids is 1. The van der Waals surface area contributed by atoms with E-state index in [4.69, 9.17) is 9.47 Å². The molecule has 0 amide bonds. The molecular formula is C22H22N2O3. The number of aromatic nitrogens is 2. The van der Waals surface area contributed by atoms with Crippen molar-refractivity contribution in [3.05, 3.63) is 65.9 Å². The van der Waals surface area contributed by atoms with Crippen LogP contribution in [0.2, 0.25) is 0 Å². The molecule has 4 aromatic rings. The van der Waals surface area contributed by atoms with Crippen LogP contribution in [0.15, 0.2) is 54.7 Å². The van der Waals surface area contributed by atoms with Gasteiger partial charge >= 0.3 is 5.97 Å². The molecule has 5 heteroatoms. The number of nitrogens with zero attached hydrogens (tertiary/aromatic N) is 2. The van der Waals surface area contributed by atoms with Gasteiger partial charge in [0.05, 0.1) is 30.3 Å². The molecule has 0 fully saturated rings. The molecule has 138 valence electrons. The van der Waals surface area contributed by atoms with Crippen LogP contribution < -0.4 is 0 Å². The van der Waals surface area contributed by atoms with Gasteiger partial charge in [-0.15, -0.1) is 0 Å². The third-order valence-corrected chi connectivity index (χ3v) is 4.93. The second-order valence-corrected chi connectivity index (χ2v) is 6.66. The number of hydrogen-bond acceptors (Lipinski definition) is 3. The van der Waals surface area contributed by atoms with Gasteiger partial charge in [0.15, 0.2) is 0 Å². The van der Waals surface area contributed by atoms with Crippen molar-refractivity contribution in [1.82, 2.24) is 8.97 Å². The Balaban J connectivity index is 1.93. The quantitative estimate of drug-likeness (QED) is 0.497. The lowest BCUT2D eigenvalue weighted by atomic mass is 10.1. The molecule has 0 atom stereocenters. The monoisotopic (exact) mass is 362 g/mol. The van der Waals surface area contributed by atoms with Crippen LogP contribution in [0, 0.1) is 6.92 Å². The fourth-order valence-electron chi connectivity index (χ4n) is 3.49. The summed E-state index contributed by atoms with van der Waals surface area (Å²) in [5.41, 5.74) is 7.19. The van der Waals surface area contributed by atoms with Gasteiger partial charge in [-0.25, -0.2) is 4.79 Å². The van der Waals surface area contributed by atoms with Crippen molar-refractivity contribution >= 4 is 22.6 Å². The first-order valence-electron chi connectivity index (χ1n) is 8.91. The van der Waals surface area contributed by atoms with Gasteiger partial charge in [-0.3, -0.25) is 0 Å². The van der Waals surface area contributed by atoms with E-state index < -0.39 is 0 Å². The van der Waals surface area contributed by atoms with Crippen LogP contribution >= 0.6 is 0 Å². The van der Waals surface area contributed by atoms with Crippen LogP contribution in [0.3, 0.4) is 0 Å². The first-order valence-corrected chi connectivity index (χ1v) is 8.91. The molecule has 0 bridgehead atoms. The molecule has 27 heavy (non-hydrogen) atoms. The second kappa shape index (κ2) is 6.93. The molecule has 0 saturated heterocycles. The van der Waals surface area contributed by atoms with Gasteiger partial charge in [0.1, 0.15) is 5.65 Å². The Morgan fingerprint density at radius 2 is 1.74 bits per heavy atom. The van der Waals surface area contributed by atoms with Crippen molar-refractivity contribution in [3.8, 4) is 11.1 Å². The Morgan fingerprint density at radius 3 is 2.44 bits per heavy atom. The van der Waals surface area contributed by atoms with Crippen molar-refractivity contribution in [3.63, 3.8) is 0 Å². The minimum atomic E-state index is -0.333. The molecule has 0 unspecified atom stereocenters. The molecule has 0 saturated carbocycles. The number of carbonyl (C=O) groups is 1. The van der Waals surface area contributed by atoms with E-state index in [9.17, 15) is 4.79 Å². The Morgan fingerprint density at radius 1 is 0.963 bits per heavy atom. The molecule has 0 N–H and O–H groups in total. The molecule has 0 aliphatic carbocycles. The van der Waals surface area contributed by atoms with Crippen LogP contribution in [0.25, 0.3) is 27.8 Å². The fraction of sp³-hybridized carbons (Fsp3) is 0.227. The summed E-state index contributed by atoms with van der Waals surface area (Å²) in [4.78, 5) is 12.0. The summed E-state index contributed by atoms with van der Waals surface area (Å²) in [6.45, 7) is 3.43. The first kappa shape index (κ1) is 17.4. The summed E-state index contributed by atoms with van der Waals surface area (Å²) in [5.74, 6) is -0.333. The van der Waals surface area contributed by atoms with Gasteiger partial charge in [-0.05, 0) is 36.8 Å². The minimum absolute atomic E-state index is 0.333. The lowest BCUT2D eigenvalue weighted by molar-refractivity contribution is 0.0601. The molecule has 0 radical (unpaired) electrons. The van der Waals surface area contributed by atoms with E-state index in [0.717, 1.165) is 28.8 Å². The molecule has 2 heterocycles. The normalized spacial score (nSPS) is 11.4. The largest absolute Gasteiger partial charge is 0.465 e. The van der Waals surface area contributed by atoms with Gasteiger partial charge in [0, 0.05) is 25.4 Å². The van der Waals surface area contributed by atoms with Gasteiger partial charge < -0.3 is 18.4 Å². The standard InChI is InChI=1S/C22H22N2O3/c1-15-4-6-16(7-5-15)18-13-21-23(10-11-26-2)19-9-8-17(22(25)27-3)12-20(19)24(21)14-18/h4-9,12-14H,10-11H2,1-3H3. The van der Waals surface area contributed by atoms with E-state index in [1.54, 1.807) is 13.2 Å². The second-order valence-electron chi connectivity index (χ2n) is 6.66. The van der Waals surface area contributed by atoms with Crippen LogP contribution in [0.5, 0.6) is 0 Å². The summed E-state index contributed by atoms with van der Waals surface area (Å²) in [7, 11) is 3.10. The lowest BCUT2D eigenvalue weighted by Gasteiger charge is -2.05. The van der Waals surface area contributed by atoms with Crippen molar-refractivity contribution in [2.75, 3.05) is 20.8 Å². The molecule has 0 aliphatic rings. The van der Waals surface area contributed by atoms with Crippen LogP contribution in [0.4, 0.5) is 0 Å². The number of imidazole rings is 1. The molecule has 0 aliphatic heterocycles. The highest BCUT2D eigenvalue weighted by Crippen LogP contribution is 2.29. The SMILES string of the molecule is COCCn1c2ccc(C(=O)OC)cc2n2cc(-c3ccc(C)cc3)cc12. The molecular weight excluding hydrogens is 340 g/mol. The number of ether oxygens (including phenoxy) is 2. The average Bonchev–Trinajstić information content (AvgIpc) is 3.24. The number of aryl methyl sites for hydroxylation is 1. The average molecular weight is 362 g/mol. The number of rotatable bonds is 5. The number of fused-ring (bicyclic) bond motifs is 3. The molecule has 0 spiro atoms. The lowest BCUT2D eigenvalue weighted by Crippen LogP contribution is -2.04. The van der Waals surface area contributed by atoms with Crippen molar-refractivity contribution in [2.24, 2.45) is 0 Å². The highest BCUT2D eigenvalue weighted by molar-refractivity contribution is 5.95. The predicted molar refractivity (Wildman–Crippen MR) is 106 cm³/mol. The zero-order chi connectivity index (χ0) is 19.0. The van der Waals surface area contributed by atoms with E-state index in [0.29, 0.717) is 12.2 Å². The van der Waals surface area contributed by atoms with E-state index in [2.05, 4.69) is 52.4 Å². The zero-order valence-electron chi connectivity index (χ0n) is 15.7. The highest BCUT2D eigenvalue weighted by atomic mass is 16.5. The maximum Gasteiger partial charge on any atom is 0.337 e. The van der Waals surface area contributed by atoms with Crippen LogP contribution in [0.1, 0.15) is 15.9 Å². The third-order valence-electron chi connectivity index (χ3n) is 4.93. The molecule has 5 nitrogen and oxygen atoms in total. The topological polar surface area (TPSA) is 44.9 Å². The summed E-state index contributed by atoms with van der Waals surface area (Å²) in [6.07, 6.45) is 2.12. The van der Waals surface area contributed by atoms with E-state index in [1.807, 2.05) is 12.1 Å². The van der Waals surface area contributed by atoms with Crippen LogP contribution in [-0.2, 0) is 16.0 Å². The van der Waals surface area contributed by atoms with E-state index >= 15 is 0 Å². The van der Waals surface area contributed by atoms with Gasteiger partial charge in [-0.1, -0.05) is 29.8 Å². The predicted octanol–water partition coefficient (Wildman–Crippen LogP) is 4.30. The maximum absolute atomic E-state index is 12.0. The molecule has 2 aromatic heterocycles. The molecule has 4 rings (SSSR count). The minimum Gasteiger partial charge on any atom is -0.465 e. The highest BCUT2D eigenvalue weighted by Gasteiger charge is 2.15. The number of benzene rings is 2. The van der Waals surface area contributed by atoms with Crippen molar-refractivity contribution < 1.29 is 14.3 Å². The Kier molecular flexibility index (Phi) is 4.46. The maximum atomic E-state index is 12.0. The Labute approximate surface area is 157 Å². The van der Waals surface area contributed by atoms with E-state index in [-0.39, 0.29) is 5.97 Å². The van der Waals surface area contributed by atoms with Gasteiger partial charge in [-0.2, -0.15) is 0 Å². The number of esters is 1. The number of hydrogen-bond donors (Lipinski definition) is 0. The number of methoxy groups -OCH3 is 2. The summed E-state index contributed by atoms with van der Waals surface area (Å²) in [6, 6.07) is 16.3. The van der Waals surface area contributed by atoms with Gasteiger partial charge in [0.2, 0.25) is 0 Å². The summed E-state index contributed by atoms with van der Waals surface area (Å²) in [5, 5.41) is 0. The van der Waals surface area contributed by atoms with Crippen molar-refractivity contribution in [1.29, 1.82) is 0 Å². The Bertz CT molecular complexity index is 1120. The smallest absolute Gasteiger partial charge is 0.337 e. The summed E-state index contributed by atoms with van der Waals surface area (Å²) < 4.78 is 14.5. The van der Waals surface area contributed by atoms with Crippen LogP contribution in [-0.4, -0.2) is 35.8 Å². The third kappa shape index (κ3) is 3.00. The first-order chi connectivity index (χ1) is 13.1. The zero-order valence-corrected chi connectivity index (χ0v) is 15.7. The van der Waals surface area contributed by atoms with Gasteiger partial charge in [0.25, 0.3) is 0 Å². The molecule has 2 aromatic carbocycles. The summed E-state index contributed by atoms with van der Waals surface area (Å²) >= 11 is 0. The fourth-order valence-corrected chi connectivity index (χ4v) is 3.49. The van der Waals surface area contributed by atoms with E-state index in [1.165, 1.54) is 18.2 Å².